The first-order valence-corrected chi connectivity index (χ1v) is 7.15. The Balaban J connectivity index is 2.00. The highest BCUT2D eigenvalue weighted by Gasteiger charge is 2.26. The Bertz CT molecular complexity index is 786. The van der Waals surface area contributed by atoms with E-state index < -0.39 is 11.8 Å². The molecule has 1 fully saturated rings. The van der Waals surface area contributed by atoms with Crippen LogP contribution < -0.4 is 10.6 Å². The zero-order valence-electron chi connectivity index (χ0n) is 11.2. The summed E-state index contributed by atoms with van der Waals surface area (Å²) >= 11 is 10.6. The van der Waals surface area contributed by atoms with E-state index in [0.717, 1.165) is 5.69 Å². The first-order chi connectivity index (χ1) is 10.5. The van der Waals surface area contributed by atoms with Crippen LogP contribution in [0.5, 0.6) is 0 Å². The Morgan fingerprint density at radius 2 is 1.68 bits per heavy atom. The highest BCUT2D eigenvalue weighted by molar-refractivity contribution is 7.80. The largest absolute Gasteiger partial charge is 0.317 e. The highest BCUT2D eigenvalue weighted by atomic mass is 35.5. The predicted octanol–water partition coefficient (Wildman–Crippen LogP) is 2.04. The van der Waals surface area contributed by atoms with Crippen LogP contribution >= 0.6 is 23.8 Å². The molecule has 1 aromatic carbocycles. The topological polar surface area (TPSA) is 63.1 Å². The number of amides is 2. The van der Waals surface area contributed by atoms with Gasteiger partial charge in [-0.2, -0.15) is 0 Å². The van der Waals surface area contributed by atoms with Crippen molar-refractivity contribution >= 4 is 46.8 Å². The van der Waals surface area contributed by atoms with Crippen molar-refractivity contribution < 1.29 is 9.59 Å². The molecule has 0 bridgehead atoms. The van der Waals surface area contributed by atoms with Gasteiger partial charge in [-0.3, -0.25) is 20.2 Å². The Morgan fingerprint density at radius 3 is 2.32 bits per heavy atom. The Morgan fingerprint density at radius 1 is 1.05 bits per heavy atom. The molecule has 0 radical (unpaired) electrons. The molecular weight excluding hydrogens is 322 g/mol. The van der Waals surface area contributed by atoms with Gasteiger partial charge in [-0.25, -0.2) is 0 Å². The minimum Gasteiger partial charge on any atom is -0.317 e. The smallest absolute Gasteiger partial charge is 0.263 e. The molecule has 5 nitrogen and oxygen atoms in total. The van der Waals surface area contributed by atoms with Gasteiger partial charge in [-0.05, 0) is 54.7 Å². The molecule has 22 heavy (non-hydrogen) atoms. The molecule has 1 aliphatic heterocycles. The van der Waals surface area contributed by atoms with E-state index in [2.05, 4.69) is 10.6 Å². The van der Waals surface area contributed by atoms with Crippen LogP contribution in [-0.4, -0.2) is 21.5 Å². The summed E-state index contributed by atoms with van der Waals surface area (Å²) in [5, 5.41) is 5.46. The quantitative estimate of drug-likeness (QED) is 0.503. The molecular formula is C15H10ClN3O2S. The van der Waals surface area contributed by atoms with Crippen molar-refractivity contribution in [2.75, 3.05) is 0 Å². The Hall–Kier alpha value is -2.44. The van der Waals surface area contributed by atoms with E-state index in [4.69, 9.17) is 23.8 Å². The monoisotopic (exact) mass is 331 g/mol. The summed E-state index contributed by atoms with van der Waals surface area (Å²) in [6, 6.07) is 10.9. The van der Waals surface area contributed by atoms with Crippen LogP contribution in [-0.2, 0) is 9.59 Å². The number of aromatic nitrogens is 1. The van der Waals surface area contributed by atoms with E-state index in [1.54, 1.807) is 18.2 Å². The fraction of sp³-hybridized carbons (Fsp3) is 0. The second-order valence-corrected chi connectivity index (χ2v) is 5.42. The average molecular weight is 332 g/mol. The maximum atomic E-state index is 11.9. The Labute approximate surface area is 136 Å². The van der Waals surface area contributed by atoms with Crippen LogP contribution in [0.1, 0.15) is 5.69 Å². The molecule has 1 saturated heterocycles. The van der Waals surface area contributed by atoms with Crippen molar-refractivity contribution in [3.63, 3.8) is 0 Å². The molecule has 1 aliphatic rings. The molecule has 0 saturated carbocycles. The molecule has 7 heteroatoms. The minimum atomic E-state index is -0.516. The van der Waals surface area contributed by atoms with Gasteiger partial charge >= 0.3 is 0 Å². The molecule has 1 aromatic heterocycles. The number of carbonyl (C=O) groups is 2. The lowest BCUT2D eigenvalue weighted by molar-refractivity contribution is -0.123. The molecule has 2 amide bonds. The third kappa shape index (κ3) is 2.79. The number of rotatable bonds is 2. The van der Waals surface area contributed by atoms with E-state index >= 15 is 0 Å². The van der Waals surface area contributed by atoms with Crippen LogP contribution in [0, 0.1) is 0 Å². The number of hydrogen-bond donors (Lipinski definition) is 2. The number of nitrogens with zero attached hydrogens (tertiary/aromatic N) is 1. The summed E-state index contributed by atoms with van der Waals surface area (Å²) in [6.45, 7) is 0. The molecule has 0 unspecified atom stereocenters. The van der Waals surface area contributed by atoms with E-state index in [-0.39, 0.29) is 10.7 Å². The number of hydrogen-bond acceptors (Lipinski definition) is 3. The molecule has 3 rings (SSSR count). The molecule has 0 atom stereocenters. The van der Waals surface area contributed by atoms with Crippen LogP contribution in [0.15, 0.2) is 48.2 Å². The summed E-state index contributed by atoms with van der Waals surface area (Å²) < 4.78 is 1.84. The number of nitrogens with one attached hydrogen (secondary N) is 2. The van der Waals surface area contributed by atoms with Gasteiger partial charge in [0.05, 0.1) is 0 Å². The third-order valence-electron chi connectivity index (χ3n) is 3.12. The van der Waals surface area contributed by atoms with Gasteiger partial charge in [0, 0.05) is 22.6 Å². The minimum absolute atomic E-state index is 0.00233. The highest BCUT2D eigenvalue weighted by Crippen LogP contribution is 2.18. The molecule has 0 spiro atoms. The standard InChI is InChI=1S/C15H10ClN3O2S/c16-9-3-5-10(6-4-9)19-7-1-2-11(19)8-12-13(20)17-15(22)18-14(12)21/h1-8H,(H2,17,18,20,21,22). The van der Waals surface area contributed by atoms with Crippen molar-refractivity contribution in [1.29, 1.82) is 0 Å². The normalized spacial score (nSPS) is 14.6. The van der Waals surface area contributed by atoms with Gasteiger partial charge in [0.1, 0.15) is 5.57 Å². The summed E-state index contributed by atoms with van der Waals surface area (Å²) in [5.74, 6) is -1.03. The third-order valence-corrected chi connectivity index (χ3v) is 3.58. The summed E-state index contributed by atoms with van der Waals surface area (Å²) in [6.07, 6.45) is 3.35. The fourth-order valence-electron chi connectivity index (χ4n) is 2.10. The van der Waals surface area contributed by atoms with Crippen LogP contribution in [0.2, 0.25) is 5.02 Å². The molecule has 0 aliphatic carbocycles. The van der Waals surface area contributed by atoms with E-state index in [1.807, 2.05) is 29.0 Å². The fourth-order valence-corrected chi connectivity index (χ4v) is 2.41. The number of carbonyl (C=O) groups excluding carboxylic acids is 2. The van der Waals surface area contributed by atoms with E-state index in [0.29, 0.717) is 10.7 Å². The van der Waals surface area contributed by atoms with Crippen molar-refractivity contribution in [3.05, 3.63) is 58.9 Å². The maximum absolute atomic E-state index is 11.9. The summed E-state index contributed by atoms with van der Waals surface area (Å²) in [7, 11) is 0. The molecule has 110 valence electrons. The second kappa shape index (κ2) is 5.75. The lowest BCUT2D eigenvalue weighted by atomic mass is 10.1. The van der Waals surface area contributed by atoms with Crippen molar-refractivity contribution in [2.24, 2.45) is 0 Å². The predicted molar refractivity (Wildman–Crippen MR) is 87.6 cm³/mol. The van der Waals surface area contributed by atoms with Crippen molar-refractivity contribution in [1.82, 2.24) is 15.2 Å². The van der Waals surface area contributed by atoms with Gasteiger partial charge in [0.2, 0.25) is 0 Å². The van der Waals surface area contributed by atoms with Crippen LogP contribution in [0.4, 0.5) is 0 Å². The summed E-state index contributed by atoms with van der Waals surface area (Å²) in [5.41, 5.74) is 1.56. The second-order valence-electron chi connectivity index (χ2n) is 4.57. The zero-order chi connectivity index (χ0) is 15.7. The Kier molecular flexibility index (Phi) is 3.79. The van der Waals surface area contributed by atoms with Crippen LogP contribution in [0.25, 0.3) is 11.8 Å². The van der Waals surface area contributed by atoms with Crippen molar-refractivity contribution in [3.8, 4) is 5.69 Å². The first kappa shape index (κ1) is 14.5. The van der Waals surface area contributed by atoms with Gasteiger partial charge < -0.3 is 4.57 Å². The van der Waals surface area contributed by atoms with Crippen LogP contribution in [0.3, 0.4) is 0 Å². The number of benzene rings is 1. The van der Waals surface area contributed by atoms with Gasteiger partial charge in [-0.1, -0.05) is 11.6 Å². The lowest BCUT2D eigenvalue weighted by Crippen LogP contribution is -2.51. The van der Waals surface area contributed by atoms with Gasteiger partial charge in [-0.15, -0.1) is 0 Å². The average Bonchev–Trinajstić information content (AvgIpc) is 2.92. The van der Waals surface area contributed by atoms with E-state index in [1.165, 1.54) is 6.08 Å². The zero-order valence-corrected chi connectivity index (χ0v) is 12.7. The summed E-state index contributed by atoms with van der Waals surface area (Å²) in [4.78, 5) is 23.8. The maximum Gasteiger partial charge on any atom is 0.263 e. The molecule has 2 N–H and O–H groups in total. The molecule has 2 heterocycles. The lowest BCUT2D eigenvalue weighted by Gasteiger charge is -2.16. The van der Waals surface area contributed by atoms with Crippen molar-refractivity contribution in [2.45, 2.75) is 0 Å². The SMILES string of the molecule is O=C1NC(=S)NC(=O)C1=Cc1cccn1-c1ccc(Cl)cc1. The van der Waals surface area contributed by atoms with E-state index in [9.17, 15) is 9.59 Å². The number of thiocarbonyl (C=S) groups is 1. The van der Waals surface area contributed by atoms with Gasteiger partial charge in [0.25, 0.3) is 11.8 Å². The van der Waals surface area contributed by atoms with Gasteiger partial charge in [0.15, 0.2) is 5.11 Å². The first-order valence-electron chi connectivity index (χ1n) is 6.36. The number of halogens is 1. The molecule has 2 aromatic rings.